The molecule has 4 aliphatic rings. The highest BCUT2D eigenvalue weighted by atomic mass is 35.5. The Morgan fingerprint density at radius 2 is 1.40 bits per heavy atom. The molecule has 3 saturated heterocycles. The fourth-order valence-electron chi connectivity index (χ4n) is 6.84. The van der Waals surface area contributed by atoms with E-state index in [2.05, 4.69) is 32.1 Å². The Bertz CT molecular complexity index is 1260. The molecule has 4 aliphatic heterocycles. The maximum atomic E-state index is 12.8. The Balaban J connectivity index is 1.36. The molecule has 11 nitrogen and oxygen atoms in total. The van der Waals surface area contributed by atoms with E-state index in [9.17, 15) is 20.1 Å². The van der Waals surface area contributed by atoms with Crippen LogP contribution in [0.15, 0.2) is 72.9 Å². The number of ether oxygens (including phenoxy) is 7. The van der Waals surface area contributed by atoms with E-state index in [-0.39, 0.29) is 36.9 Å². The molecule has 0 aromatic carbocycles. The predicted molar refractivity (Wildman–Crippen MR) is 201 cm³/mol. The van der Waals surface area contributed by atoms with Crippen molar-refractivity contribution >= 4 is 17.6 Å². The number of carbonyl (C=O) groups excluding carboxylic acids is 1. The minimum atomic E-state index is -1.20. The molecule has 0 unspecified atom stereocenters. The number of esters is 1. The van der Waals surface area contributed by atoms with Crippen LogP contribution >= 0.6 is 11.6 Å². The van der Waals surface area contributed by atoms with Crippen molar-refractivity contribution in [3.63, 3.8) is 0 Å². The molecule has 53 heavy (non-hydrogen) atoms. The van der Waals surface area contributed by atoms with Gasteiger partial charge in [-0.2, -0.15) is 0 Å². The second-order valence-electron chi connectivity index (χ2n) is 14.5. The third-order valence-corrected chi connectivity index (χ3v) is 10.3. The van der Waals surface area contributed by atoms with Crippen molar-refractivity contribution in [2.75, 3.05) is 0 Å². The molecule has 0 aromatic rings. The summed E-state index contributed by atoms with van der Waals surface area (Å²) in [6.07, 6.45) is 17.8. The molecule has 0 aliphatic carbocycles. The molecule has 3 N–H and O–H groups in total. The van der Waals surface area contributed by atoms with Crippen molar-refractivity contribution in [3.8, 4) is 0 Å². The van der Waals surface area contributed by atoms with Crippen molar-refractivity contribution < 1.29 is 53.3 Å². The van der Waals surface area contributed by atoms with Crippen LogP contribution in [-0.4, -0.2) is 101 Å². The molecule has 298 valence electrons. The quantitative estimate of drug-likeness (QED) is 0.0841. The molecule has 4 heterocycles. The average molecular weight is 765 g/mol. The summed E-state index contributed by atoms with van der Waals surface area (Å²) >= 11 is 6.34. The Kier molecular flexibility index (Phi) is 18.4. The molecule has 3 fully saturated rings. The number of carbonyl (C=O) groups is 1. The van der Waals surface area contributed by atoms with Crippen LogP contribution in [0.3, 0.4) is 0 Å². The fraction of sp³-hybridized carbons (Fsp3) is 0.683. The normalized spacial score (nSPS) is 41.5. The van der Waals surface area contributed by atoms with Gasteiger partial charge >= 0.3 is 5.97 Å². The molecule has 15 atom stereocenters. The number of cyclic esters (lactones) is 1. The highest BCUT2D eigenvalue weighted by Gasteiger charge is 2.44. The summed E-state index contributed by atoms with van der Waals surface area (Å²) in [7, 11) is 0. The summed E-state index contributed by atoms with van der Waals surface area (Å²) in [6, 6.07) is 0. The third kappa shape index (κ3) is 14.1. The molecule has 0 spiro atoms. The highest BCUT2D eigenvalue weighted by Crippen LogP contribution is 2.35. The van der Waals surface area contributed by atoms with E-state index in [0.717, 1.165) is 19.3 Å². The Morgan fingerprint density at radius 1 is 0.736 bits per heavy atom. The monoisotopic (exact) mass is 764 g/mol. The van der Waals surface area contributed by atoms with E-state index in [1.54, 1.807) is 37.3 Å². The van der Waals surface area contributed by atoms with Crippen LogP contribution in [0.1, 0.15) is 86.0 Å². The number of halogens is 1. The zero-order valence-electron chi connectivity index (χ0n) is 31.7. The zero-order valence-corrected chi connectivity index (χ0v) is 32.5. The number of rotatable bonds is 13. The molecular formula is C41H61ClO11. The van der Waals surface area contributed by atoms with E-state index in [1.165, 1.54) is 0 Å². The first-order chi connectivity index (χ1) is 25.4. The molecular weight excluding hydrogens is 704 g/mol. The van der Waals surface area contributed by atoms with Crippen LogP contribution < -0.4 is 0 Å². The minimum absolute atomic E-state index is 0.0419. The first-order valence-electron chi connectivity index (χ1n) is 19.3. The maximum Gasteiger partial charge on any atom is 0.306 e. The molecule has 0 bridgehead atoms. The Hall–Kier alpha value is -2.16. The van der Waals surface area contributed by atoms with Gasteiger partial charge in [0.1, 0.15) is 24.4 Å². The lowest BCUT2D eigenvalue weighted by Gasteiger charge is -2.45. The smallest absolute Gasteiger partial charge is 0.306 e. The van der Waals surface area contributed by atoms with E-state index in [4.69, 9.17) is 44.8 Å². The molecule has 0 radical (unpaired) electrons. The van der Waals surface area contributed by atoms with E-state index < -0.39 is 73.1 Å². The number of aliphatic hydroxyl groups is 3. The van der Waals surface area contributed by atoms with Gasteiger partial charge in [-0.15, -0.1) is 11.6 Å². The predicted octanol–water partition coefficient (Wildman–Crippen LogP) is 6.31. The van der Waals surface area contributed by atoms with E-state index in [1.807, 2.05) is 38.2 Å². The van der Waals surface area contributed by atoms with Crippen LogP contribution in [0.4, 0.5) is 0 Å². The second kappa shape index (κ2) is 22.4. The molecule has 0 aromatic heterocycles. The fourth-order valence-corrected chi connectivity index (χ4v) is 7.03. The summed E-state index contributed by atoms with van der Waals surface area (Å²) in [6.45, 7) is 9.81. The van der Waals surface area contributed by atoms with Crippen LogP contribution in [0.25, 0.3) is 0 Å². The van der Waals surface area contributed by atoms with Crippen LogP contribution in [0.2, 0.25) is 0 Å². The lowest BCUT2D eigenvalue weighted by atomic mass is 9.93. The van der Waals surface area contributed by atoms with Crippen LogP contribution in [0, 0.1) is 11.8 Å². The number of allylic oxidation sites excluding steroid dienone is 10. The van der Waals surface area contributed by atoms with Crippen molar-refractivity contribution in [3.05, 3.63) is 72.9 Å². The maximum absolute atomic E-state index is 12.8. The zero-order chi connectivity index (χ0) is 38.3. The van der Waals surface area contributed by atoms with Gasteiger partial charge in [-0.05, 0) is 57.9 Å². The van der Waals surface area contributed by atoms with Gasteiger partial charge in [0.25, 0.3) is 0 Å². The number of hydrogen-bond donors (Lipinski definition) is 3. The van der Waals surface area contributed by atoms with Crippen LogP contribution in [0.5, 0.6) is 0 Å². The van der Waals surface area contributed by atoms with E-state index >= 15 is 0 Å². The SMILES string of the molecule is CC/C=C\C\C=C/C=C/C=C/C=C\[C@@H]1OC(=O)CC[C@@H](Cl)/C=C/[C@@H](O)[C@H]1O[C@@H]1C[C@@H](O)[C@@H](O[C@H]2C[C@@H](C)[C@H](O[C@H]3CC[C@@H](C)[C@H](O)O3)[C@@H](C)O2)[C@H](C)O1. The lowest BCUT2D eigenvalue weighted by Crippen LogP contribution is -2.55. The van der Waals surface area contributed by atoms with Gasteiger partial charge in [0.2, 0.25) is 0 Å². The molecule has 4 rings (SSSR count). The minimum Gasteiger partial charge on any atom is -0.455 e. The van der Waals surface area contributed by atoms with Crippen LogP contribution in [-0.2, 0) is 38.0 Å². The number of aliphatic hydroxyl groups excluding tert-OH is 3. The molecule has 0 amide bonds. The average Bonchev–Trinajstić information content (AvgIpc) is 3.11. The van der Waals surface area contributed by atoms with Gasteiger partial charge in [-0.25, -0.2) is 0 Å². The van der Waals surface area contributed by atoms with Gasteiger partial charge in [0.15, 0.2) is 25.2 Å². The summed E-state index contributed by atoms with van der Waals surface area (Å²) < 4.78 is 42.7. The van der Waals surface area contributed by atoms with Crippen molar-refractivity contribution in [2.45, 2.75) is 165 Å². The number of hydrogen-bond acceptors (Lipinski definition) is 11. The van der Waals surface area contributed by atoms with Crippen molar-refractivity contribution in [2.24, 2.45) is 11.8 Å². The Morgan fingerprint density at radius 3 is 2.09 bits per heavy atom. The summed E-state index contributed by atoms with van der Waals surface area (Å²) in [5, 5.41) is 32.2. The van der Waals surface area contributed by atoms with Gasteiger partial charge in [0.05, 0.1) is 29.8 Å². The largest absolute Gasteiger partial charge is 0.455 e. The number of alkyl halides is 1. The second-order valence-corrected chi connectivity index (χ2v) is 15.0. The van der Waals surface area contributed by atoms with Gasteiger partial charge in [-0.3, -0.25) is 4.79 Å². The summed E-state index contributed by atoms with van der Waals surface area (Å²) in [5.41, 5.74) is 0. The summed E-state index contributed by atoms with van der Waals surface area (Å²) in [4.78, 5) is 12.8. The Labute approximate surface area is 320 Å². The standard InChI is InChI=1S/C41H61ClO11/c1-6-7-8-9-10-11-12-13-14-15-16-17-33-40(31(43)21-19-30(42)20-22-34(45)49-33)52-37-25-32(44)39(29(5)48-37)51-36-24-27(3)38(28(4)47-36)50-35-23-18-26(2)41(46)53-35/h7-8,10-17,19,21,26-33,35-41,43-44,46H,6,9,18,20,22-25H2,1-5H3/b8-7-,11-10-,13-12+,15-14+,17-16-,21-19+/t26-,27-,28-,29+,30+,31-,32-,33+,35-,36+,37-,38+,39+,40-,41-/m1/s1. The molecule has 0 saturated carbocycles. The third-order valence-electron chi connectivity index (χ3n) is 9.90. The topological polar surface area (TPSA) is 142 Å². The summed E-state index contributed by atoms with van der Waals surface area (Å²) in [5.74, 6) is -0.351. The molecule has 12 heteroatoms. The lowest BCUT2D eigenvalue weighted by molar-refractivity contribution is -0.336. The van der Waals surface area contributed by atoms with Gasteiger partial charge in [0, 0.05) is 25.2 Å². The van der Waals surface area contributed by atoms with E-state index in [0.29, 0.717) is 19.3 Å². The highest BCUT2D eigenvalue weighted by molar-refractivity contribution is 6.21. The first-order valence-corrected chi connectivity index (χ1v) is 19.7. The van der Waals surface area contributed by atoms with Crippen molar-refractivity contribution in [1.82, 2.24) is 0 Å². The first kappa shape index (κ1) is 43.6. The van der Waals surface area contributed by atoms with Crippen molar-refractivity contribution in [1.29, 1.82) is 0 Å². The van der Waals surface area contributed by atoms with Gasteiger partial charge < -0.3 is 48.5 Å². The van der Waals surface area contributed by atoms with Gasteiger partial charge in [-0.1, -0.05) is 87.6 Å².